The molecular formula is C39H80N8O3. The van der Waals surface area contributed by atoms with Gasteiger partial charge in [0, 0.05) is 151 Å². The van der Waals surface area contributed by atoms with Crippen molar-refractivity contribution >= 4 is 17.6 Å². The highest BCUT2D eigenvalue weighted by Crippen LogP contribution is 2.18. The highest BCUT2D eigenvalue weighted by molar-refractivity contribution is 5.76. The molecule has 0 unspecified atom stereocenters. The maximum atomic E-state index is 11.5. The van der Waals surface area contributed by atoms with E-state index in [-0.39, 0.29) is 11.8 Å². The van der Waals surface area contributed by atoms with Gasteiger partial charge in [0.05, 0.1) is 0 Å². The summed E-state index contributed by atoms with van der Waals surface area (Å²) in [5, 5.41) is 0. The van der Waals surface area contributed by atoms with Gasteiger partial charge in [-0.3, -0.25) is 14.4 Å². The van der Waals surface area contributed by atoms with E-state index in [2.05, 4.69) is 91.7 Å². The van der Waals surface area contributed by atoms with Crippen LogP contribution in [-0.2, 0) is 14.4 Å². The van der Waals surface area contributed by atoms with Gasteiger partial charge in [0.1, 0.15) is 5.78 Å². The fourth-order valence-corrected chi connectivity index (χ4v) is 6.59. The van der Waals surface area contributed by atoms with E-state index in [9.17, 15) is 14.4 Å². The summed E-state index contributed by atoms with van der Waals surface area (Å²) >= 11 is 0. The molecule has 0 aromatic carbocycles. The summed E-state index contributed by atoms with van der Waals surface area (Å²) < 4.78 is 0. The van der Waals surface area contributed by atoms with Crippen LogP contribution in [0.15, 0.2) is 0 Å². The van der Waals surface area contributed by atoms with Gasteiger partial charge < -0.3 is 40.0 Å². The molecule has 11 nitrogen and oxygen atoms in total. The first-order valence-corrected chi connectivity index (χ1v) is 19.3. The highest BCUT2D eigenvalue weighted by Gasteiger charge is 2.24. The molecule has 2 amide bonds. The molecule has 0 bridgehead atoms. The Bertz CT molecular complexity index is 911. The van der Waals surface area contributed by atoms with Gasteiger partial charge in [-0.2, -0.15) is 0 Å². The van der Waals surface area contributed by atoms with Crippen LogP contribution < -0.4 is 5.73 Å². The Morgan fingerprint density at radius 2 is 0.740 bits per heavy atom. The van der Waals surface area contributed by atoms with E-state index < -0.39 is 0 Å². The number of amides is 2. The molecule has 3 aliphatic heterocycles. The number of hydrogen-bond donors (Lipinski definition) is 1. The van der Waals surface area contributed by atoms with Crippen LogP contribution in [0.25, 0.3) is 0 Å². The molecule has 3 fully saturated rings. The van der Waals surface area contributed by atoms with Crippen LogP contribution in [0.3, 0.4) is 0 Å². The Balaban J connectivity index is 0.000000376. The summed E-state index contributed by atoms with van der Waals surface area (Å²) in [5.74, 6) is 0.335. The molecule has 2 N–H and O–H groups in total. The zero-order valence-corrected chi connectivity index (χ0v) is 34.8. The fourth-order valence-electron chi connectivity index (χ4n) is 6.59. The second kappa shape index (κ2) is 22.4. The maximum absolute atomic E-state index is 11.5. The summed E-state index contributed by atoms with van der Waals surface area (Å²) in [4.78, 5) is 49.5. The Morgan fingerprint density at radius 3 is 0.980 bits per heavy atom. The molecule has 0 aromatic heterocycles. The van der Waals surface area contributed by atoms with Crippen molar-refractivity contribution in [2.75, 3.05) is 132 Å². The van der Waals surface area contributed by atoms with Crippen LogP contribution in [0.2, 0.25) is 0 Å². The summed E-state index contributed by atoms with van der Waals surface area (Å²) in [6.07, 6.45) is 1.84. The van der Waals surface area contributed by atoms with Crippen molar-refractivity contribution < 1.29 is 14.4 Å². The lowest BCUT2D eigenvalue weighted by molar-refractivity contribution is -0.129. The van der Waals surface area contributed by atoms with Gasteiger partial charge in [0.2, 0.25) is 11.8 Å². The smallest absolute Gasteiger partial charge is 0.223 e. The first-order chi connectivity index (χ1) is 23.0. The molecule has 294 valence electrons. The van der Waals surface area contributed by atoms with E-state index in [1.54, 1.807) is 11.8 Å². The second-order valence-electron chi connectivity index (χ2n) is 18.7. The molecule has 0 aliphatic carbocycles. The van der Waals surface area contributed by atoms with Crippen LogP contribution in [-0.4, -0.2) is 184 Å². The van der Waals surface area contributed by atoms with Crippen molar-refractivity contribution in [1.82, 2.24) is 34.3 Å². The predicted octanol–water partition coefficient (Wildman–Crippen LogP) is 3.28. The summed E-state index contributed by atoms with van der Waals surface area (Å²) in [6, 6.07) is 0. The largest absolute Gasteiger partial charge is 0.370 e. The third-order valence-electron chi connectivity index (χ3n) is 9.08. The Kier molecular flexibility index (Phi) is 20.8. The first kappa shape index (κ1) is 46.4. The SMILES string of the molecule is CC(=O)CCN1CCN(CC(C)(C)C)CC1.CC(C)(C)CN1CCN(CCC(N)=O)CC1.CN(C)C(=O)CCN1CCN(CC(C)(C)C)CC1. The Hall–Kier alpha value is -1.63. The van der Waals surface area contributed by atoms with E-state index in [1.807, 2.05) is 14.1 Å². The lowest BCUT2D eigenvalue weighted by Crippen LogP contribution is -2.49. The number of hydrogen-bond acceptors (Lipinski definition) is 9. The topological polar surface area (TPSA) is 99.9 Å². The van der Waals surface area contributed by atoms with Crippen LogP contribution in [0.1, 0.15) is 88.5 Å². The van der Waals surface area contributed by atoms with Crippen molar-refractivity contribution in [3.05, 3.63) is 0 Å². The lowest BCUT2D eigenvalue weighted by Gasteiger charge is -2.37. The minimum atomic E-state index is -0.197. The standard InChI is InChI=1S/C14H29N3O.C13H26N2O.C12H25N3O/c1-14(2,3)12-17-10-8-16(9-11-17)7-6-13(18)15(4)5;1-12(16)5-6-14-7-9-15(10-8-14)11-13(2,3)4;1-12(2,3)10-15-8-6-14(7-9-15)5-4-11(13)16/h6-12H2,1-5H3;5-11H2,1-4H3;4-10H2,1-3H3,(H2,13,16). The average molecular weight is 709 g/mol. The normalized spacial score (nSPS) is 19.6. The fraction of sp³-hybridized carbons (Fsp3) is 0.923. The molecule has 0 aromatic rings. The first-order valence-electron chi connectivity index (χ1n) is 19.3. The van der Waals surface area contributed by atoms with E-state index >= 15 is 0 Å². The van der Waals surface area contributed by atoms with Gasteiger partial charge in [0.25, 0.3) is 0 Å². The van der Waals surface area contributed by atoms with Crippen LogP contribution >= 0.6 is 0 Å². The molecule has 0 saturated carbocycles. The number of carbonyl (C=O) groups excluding carboxylic acids is 3. The van der Waals surface area contributed by atoms with Crippen molar-refractivity contribution in [2.24, 2.45) is 22.0 Å². The summed E-state index contributed by atoms with van der Waals surface area (Å²) in [6.45, 7) is 41.7. The molecule has 11 heteroatoms. The number of Topliss-reactive ketones (excluding diaryl/α,β-unsaturated/α-hetero) is 1. The summed E-state index contributed by atoms with van der Waals surface area (Å²) in [5.41, 5.74) is 6.28. The Labute approximate surface area is 308 Å². The number of ketones is 1. The molecule has 50 heavy (non-hydrogen) atoms. The molecule has 0 atom stereocenters. The quantitative estimate of drug-likeness (QED) is 0.328. The van der Waals surface area contributed by atoms with E-state index in [0.717, 1.165) is 111 Å². The Morgan fingerprint density at radius 1 is 0.480 bits per heavy atom. The minimum absolute atomic E-state index is 0.197. The average Bonchev–Trinajstić information content (AvgIpc) is 2.98. The van der Waals surface area contributed by atoms with Crippen molar-refractivity contribution in [3.63, 3.8) is 0 Å². The molecule has 3 aliphatic rings. The number of nitrogens with two attached hydrogens (primary N) is 1. The number of nitrogens with zero attached hydrogens (tertiary/aromatic N) is 7. The molecule has 3 heterocycles. The van der Waals surface area contributed by atoms with Crippen LogP contribution in [0.5, 0.6) is 0 Å². The van der Waals surface area contributed by atoms with Gasteiger partial charge in [-0.15, -0.1) is 0 Å². The van der Waals surface area contributed by atoms with Crippen molar-refractivity contribution in [3.8, 4) is 0 Å². The molecule has 0 spiro atoms. The number of rotatable bonds is 12. The monoisotopic (exact) mass is 709 g/mol. The van der Waals surface area contributed by atoms with E-state index in [1.165, 1.54) is 6.54 Å². The maximum Gasteiger partial charge on any atom is 0.223 e. The zero-order valence-electron chi connectivity index (χ0n) is 34.8. The van der Waals surface area contributed by atoms with E-state index in [0.29, 0.717) is 41.3 Å². The third kappa shape index (κ3) is 24.5. The predicted molar refractivity (Wildman–Crippen MR) is 209 cm³/mol. The minimum Gasteiger partial charge on any atom is -0.370 e. The van der Waals surface area contributed by atoms with Crippen LogP contribution in [0.4, 0.5) is 0 Å². The van der Waals surface area contributed by atoms with Gasteiger partial charge in [-0.05, 0) is 23.2 Å². The number of primary amides is 1. The second-order valence-corrected chi connectivity index (χ2v) is 18.7. The molecule has 3 saturated heterocycles. The third-order valence-corrected chi connectivity index (χ3v) is 9.08. The van der Waals surface area contributed by atoms with Crippen molar-refractivity contribution in [1.29, 1.82) is 0 Å². The highest BCUT2D eigenvalue weighted by atomic mass is 16.2. The van der Waals surface area contributed by atoms with E-state index in [4.69, 9.17) is 5.73 Å². The molecular weight excluding hydrogens is 628 g/mol. The molecule has 3 rings (SSSR count). The van der Waals surface area contributed by atoms with Gasteiger partial charge in [-0.25, -0.2) is 0 Å². The van der Waals surface area contributed by atoms with Crippen LogP contribution in [0, 0.1) is 16.2 Å². The number of carbonyl (C=O) groups is 3. The van der Waals surface area contributed by atoms with Gasteiger partial charge >= 0.3 is 0 Å². The number of piperazine rings is 3. The molecule has 0 radical (unpaired) electrons. The summed E-state index contributed by atoms with van der Waals surface area (Å²) in [7, 11) is 3.65. The zero-order chi connectivity index (χ0) is 38.1. The van der Waals surface area contributed by atoms with Gasteiger partial charge in [0.15, 0.2) is 0 Å². The van der Waals surface area contributed by atoms with Gasteiger partial charge in [-0.1, -0.05) is 62.3 Å². The lowest BCUT2D eigenvalue weighted by atomic mass is 9.96. The van der Waals surface area contributed by atoms with Crippen molar-refractivity contribution in [2.45, 2.75) is 88.5 Å².